The number of fused-ring (bicyclic) bond motifs is 1. The molecule has 20 heavy (non-hydrogen) atoms. The second-order valence-electron chi connectivity index (χ2n) is 4.09. The molecule has 7 heteroatoms. The molecule has 0 saturated carbocycles. The van der Waals surface area contributed by atoms with Gasteiger partial charge in [-0.2, -0.15) is 0 Å². The number of nitrogens with zero attached hydrogens (tertiary/aromatic N) is 3. The van der Waals surface area contributed by atoms with Crippen LogP contribution in [0.3, 0.4) is 0 Å². The molecule has 5 nitrogen and oxygen atoms in total. The fraction of sp³-hybridized carbons (Fsp3) is 0.0769. The van der Waals surface area contributed by atoms with Gasteiger partial charge in [-0.1, -0.05) is 0 Å². The van der Waals surface area contributed by atoms with E-state index in [9.17, 15) is 4.79 Å². The number of amides is 1. The van der Waals surface area contributed by atoms with Crippen LogP contribution in [-0.4, -0.2) is 20.9 Å². The maximum absolute atomic E-state index is 12.0. The van der Waals surface area contributed by atoms with Crippen molar-refractivity contribution in [3.8, 4) is 0 Å². The predicted molar refractivity (Wildman–Crippen MR) is 82.0 cm³/mol. The predicted octanol–water partition coefficient (Wildman–Crippen LogP) is 3.41. The number of anilines is 1. The van der Waals surface area contributed by atoms with Crippen LogP contribution in [0.5, 0.6) is 0 Å². The molecule has 0 bridgehead atoms. The smallest absolute Gasteiger partial charge is 0.275 e. The lowest BCUT2D eigenvalue weighted by Gasteiger charge is -2.04. The molecule has 0 aliphatic rings. The first-order valence-electron chi connectivity index (χ1n) is 5.78. The molecule has 0 atom stereocenters. The molecular weight excluding hydrogens is 340 g/mol. The molecule has 0 radical (unpaired) electrons. The van der Waals surface area contributed by atoms with Crippen molar-refractivity contribution in [1.29, 1.82) is 0 Å². The van der Waals surface area contributed by atoms with Gasteiger partial charge in [-0.25, -0.2) is 15.0 Å². The first-order valence-corrected chi connectivity index (χ1v) is 7.39. The van der Waals surface area contributed by atoms with Crippen molar-refractivity contribution in [1.82, 2.24) is 15.0 Å². The Morgan fingerprint density at radius 3 is 2.90 bits per heavy atom. The number of hydrogen-bond acceptors (Lipinski definition) is 5. The summed E-state index contributed by atoms with van der Waals surface area (Å²) in [6, 6.07) is 5.62. The van der Waals surface area contributed by atoms with Gasteiger partial charge in [0.2, 0.25) is 0 Å². The molecule has 100 valence electrons. The molecule has 1 N–H and O–H groups in total. The van der Waals surface area contributed by atoms with E-state index >= 15 is 0 Å². The van der Waals surface area contributed by atoms with Gasteiger partial charge in [0, 0.05) is 5.69 Å². The van der Waals surface area contributed by atoms with Crippen molar-refractivity contribution >= 4 is 49.1 Å². The van der Waals surface area contributed by atoms with E-state index in [0.29, 0.717) is 4.60 Å². The summed E-state index contributed by atoms with van der Waals surface area (Å²) in [6.45, 7) is 1.96. The lowest BCUT2D eigenvalue weighted by Crippen LogP contribution is -2.13. The van der Waals surface area contributed by atoms with E-state index in [-0.39, 0.29) is 11.6 Å². The van der Waals surface area contributed by atoms with E-state index in [0.717, 1.165) is 20.9 Å². The first kappa shape index (κ1) is 13.1. The summed E-state index contributed by atoms with van der Waals surface area (Å²) >= 11 is 4.77. The molecule has 0 spiro atoms. The van der Waals surface area contributed by atoms with Crippen molar-refractivity contribution in [2.24, 2.45) is 0 Å². The van der Waals surface area contributed by atoms with Crippen LogP contribution >= 0.6 is 27.3 Å². The second-order valence-corrected chi connectivity index (χ2v) is 6.14. The van der Waals surface area contributed by atoms with Crippen LogP contribution in [0.1, 0.15) is 15.5 Å². The molecule has 1 aromatic carbocycles. The van der Waals surface area contributed by atoms with Crippen LogP contribution in [0.15, 0.2) is 35.2 Å². The quantitative estimate of drug-likeness (QED) is 0.770. The van der Waals surface area contributed by atoms with Gasteiger partial charge in [0.1, 0.15) is 10.3 Å². The van der Waals surface area contributed by atoms with Crippen LogP contribution in [0, 0.1) is 6.92 Å². The minimum atomic E-state index is -0.286. The number of carbonyl (C=O) groups excluding carboxylic acids is 1. The zero-order valence-electron chi connectivity index (χ0n) is 10.4. The van der Waals surface area contributed by atoms with Gasteiger partial charge in [0.15, 0.2) is 0 Å². The van der Waals surface area contributed by atoms with E-state index in [1.165, 1.54) is 12.4 Å². The topological polar surface area (TPSA) is 67.8 Å². The maximum Gasteiger partial charge on any atom is 0.275 e. The van der Waals surface area contributed by atoms with Crippen LogP contribution in [-0.2, 0) is 0 Å². The number of aryl methyl sites for hydroxylation is 1. The minimum Gasteiger partial charge on any atom is -0.321 e. The fourth-order valence-corrected chi connectivity index (χ4v) is 2.81. The number of thiazole rings is 1. The number of carbonyl (C=O) groups is 1. The molecule has 0 aliphatic heterocycles. The van der Waals surface area contributed by atoms with Crippen molar-refractivity contribution in [2.45, 2.75) is 6.92 Å². The van der Waals surface area contributed by atoms with Gasteiger partial charge >= 0.3 is 0 Å². The molecule has 2 aromatic heterocycles. The Morgan fingerprint density at radius 2 is 2.15 bits per heavy atom. The third-order valence-electron chi connectivity index (χ3n) is 2.61. The normalized spacial score (nSPS) is 10.7. The second kappa shape index (κ2) is 5.26. The molecule has 1 amide bonds. The monoisotopic (exact) mass is 348 g/mol. The molecular formula is C13H9BrN4OS. The first-order chi connectivity index (χ1) is 9.61. The summed E-state index contributed by atoms with van der Waals surface area (Å²) in [5.41, 5.74) is 1.93. The van der Waals surface area contributed by atoms with Gasteiger partial charge < -0.3 is 5.32 Å². The molecule has 0 fully saturated rings. The van der Waals surface area contributed by atoms with E-state index in [1.807, 2.05) is 25.1 Å². The zero-order chi connectivity index (χ0) is 14.1. The third-order valence-corrected chi connectivity index (χ3v) is 3.95. The van der Waals surface area contributed by atoms with Crippen LogP contribution in [0.4, 0.5) is 5.69 Å². The number of rotatable bonds is 2. The molecule has 3 rings (SSSR count). The van der Waals surface area contributed by atoms with Gasteiger partial charge in [-0.15, -0.1) is 11.3 Å². The van der Waals surface area contributed by atoms with Crippen molar-refractivity contribution in [3.05, 3.63) is 45.9 Å². The van der Waals surface area contributed by atoms with Crippen molar-refractivity contribution < 1.29 is 4.79 Å². The average molecular weight is 349 g/mol. The summed E-state index contributed by atoms with van der Waals surface area (Å²) < 4.78 is 1.64. The van der Waals surface area contributed by atoms with E-state index in [4.69, 9.17) is 0 Å². The molecule has 0 unspecified atom stereocenters. The van der Waals surface area contributed by atoms with Crippen LogP contribution in [0.25, 0.3) is 10.2 Å². The van der Waals surface area contributed by atoms with Crippen LogP contribution < -0.4 is 5.32 Å². The molecule has 2 heterocycles. The highest BCUT2D eigenvalue weighted by Crippen LogP contribution is 2.24. The Morgan fingerprint density at radius 1 is 1.30 bits per heavy atom. The average Bonchev–Trinajstić information content (AvgIpc) is 2.78. The third kappa shape index (κ3) is 2.68. The zero-order valence-corrected chi connectivity index (χ0v) is 12.8. The highest BCUT2D eigenvalue weighted by Gasteiger charge is 2.09. The Bertz CT molecular complexity index is 785. The summed E-state index contributed by atoms with van der Waals surface area (Å²) in [4.78, 5) is 24.4. The Hall–Kier alpha value is -1.86. The van der Waals surface area contributed by atoms with Crippen molar-refractivity contribution in [3.63, 3.8) is 0 Å². The highest BCUT2D eigenvalue weighted by atomic mass is 79.9. The van der Waals surface area contributed by atoms with Gasteiger partial charge in [0.05, 0.1) is 27.6 Å². The Labute approximate surface area is 127 Å². The standard InChI is InChI=1S/C13H9BrN4OS/c1-7-17-9-3-2-8(4-11(9)20-7)18-13(19)10-5-16-12(14)6-15-10/h2-6H,1H3,(H,18,19). The number of hydrogen-bond donors (Lipinski definition) is 1. The summed E-state index contributed by atoms with van der Waals surface area (Å²) in [5, 5.41) is 3.80. The summed E-state index contributed by atoms with van der Waals surface area (Å²) in [7, 11) is 0. The SMILES string of the molecule is Cc1nc2ccc(NC(=O)c3cnc(Br)cn3)cc2s1. The lowest BCUT2D eigenvalue weighted by atomic mass is 10.3. The van der Waals surface area contributed by atoms with E-state index in [2.05, 4.69) is 36.2 Å². The van der Waals surface area contributed by atoms with Gasteiger partial charge in [0.25, 0.3) is 5.91 Å². The van der Waals surface area contributed by atoms with Crippen molar-refractivity contribution in [2.75, 3.05) is 5.32 Å². The van der Waals surface area contributed by atoms with Crippen LogP contribution in [0.2, 0.25) is 0 Å². The van der Waals surface area contributed by atoms with E-state index in [1.54, 1.807) is 11.3 Å². The Kier molecular flexibility index (Phi) is 3.45. The Balaban J connectivity index is 1.84. The van der Waals surface area contributed by atoms with Gasteiger partial charge in [-0.3, -0.25) is 4.79 Å². The number of benzene rings is 1. The number of nitrogens with one attached hydrogen (secondary N) is 1. The largest absolute Gasteiger partial charge is 0.321 e. The fourth-order valence-electron chi connectivity index (χ4n) is 1.74. The molecule has 0 saturated heterocycles. The minimum absolute atomic E-state index is 0.272. The summed E-state index contributed by atoms with van der Waals surface area (Å²) in [6.07, 6.45) is 2.92. The maximum atomic E-state index is 12.0. The highest BCUT2D eigenvalue weighted by molar-refractivity contribution is 9.10. The van der Waals surface area contributed by atoms with Gasteiger partial charge in [-0.05, 0) is 41.1 Å². The lowest BCUT2D eigenvalue weighted by molar-refractivity contribution is 0.102. The van der Waals surface area contributed by atoms with E-state index < -0.39 is 0 Å². The molecule has 0 aliphatic carbocycles. The number of halogens is 1. The molecule has 3 aromatic rings. The summed E-state index contributed by atoms with van der Waals surface area (Å²) in [5.74, 6) is -0.286. The number of aromatic nitrogens is 3.